The van der Waals surface area contributed by atoms with E-state index in [1.165, 1.54) is 0 Å². The smallest absolute Gasteiger partial charge is 0.0991 e. The highest BCUT2D eigenvalue weighted by Crippen LogP contribution is 2.31. The Hall–Kier alpha value is -1.41. The van der Waals surface area contributed by atoms with E-state index in [1.54, 1.807) is 0 Å². The van der Waals surface area contributed by atoms with Crippen molar-refractivity contribution in [3.63, 3.8) is 0 Å². The molecule has 0 amide bonds. The predicted octanol–water partition coefficient (Wildman–Crippen LogP) is 1.67. The van der Waals surface area contributed by atoms with Crippen LogP contribution in [0, 0.1) is 11.3 Å². The zero-order valence-electron chi connectivity index (χ0n) is 11.5. The summed E-state index contributed by atoms with van der Waals surface area (Å²) in [5.74, 6) is 0. The molecule has 0 aromatic heterocycles. The Bertz CT molecular complexity index is 467. The Morgan fingerprint density at radius 3 is 2.95 bits per heavy atom. The van der Waals surface area contributed by atoms with Crippen molar-refractivity contribution in [1.82, 2.24) is 4.90 Å². The van der Waals surface area contributed by atoms with Crippen LogP contribution in [-0.4, -0.2) is 36.7 Å². The normalized spacial score (nSPS) is 24.4. The van der Waals surface area contributed by atoms with E-state index < -0.39 is 0 Å². The summed E-state index contributed by atoms with van der Waals surface area (Å²) in [4.78, 5) is 2.40. The van der Waals surface area contributed by atoms with Gasteiger partial charge in [0.05, 0.1) is 30.4 Å². The Morgan fingerprint density at radius 1 is 1.53 bits per heavy atom. The summed E-state index contributed by atoms with van der Waals surface area (Å²) < 4.78 is 5.80. The van der Waals surface area contributed by atoms with Crippen LogP contribution in [-0.2, 0) is 4.74 Å². The summed E-state index contributed by atoms with van der Waals surface area (Å²) in [5, 5.41) is 9.04. The third-order valence-electron chi connectivity index (χ3n) is 3.64. The molecule has 0 spiro atoms. The Morgan fingerprint density at radius 2 is 2.32 bits per heavy atom. The first-order valence-corrected chi connectivity index (χ1v) is 6.75. The summed E-state index contributed by atoms with van der Waals surface area (Å²) in [7, 11) is 0. The minimum absolute atomic E-state index is 0.00917. The van der Waals surface area contributed by atoms with Gasteiger partial charge in [0.15, 0.2) is 0 Å². The molecule has 102 valence electrons. The summed E-state index contributed by atoms with van der Waals surface area (Å²) in [5.41, 5.74) is 7.64. The van der Waals surface area contributed by atoms with Crippen molar-refractivity contribution in [2.45, 2.75) is 32.0 Å². The molecule has 1 aliphatic rings. The largest absolute Gasteiger partial charge is 0.374 e. The molecule has 0 bridgehead atoms. The number of hydrogen-bond donors (Lipinski definition) is 1. The first-order chi connectivity index (χ1) is 9.17. The van der Waals surface area contributed by atoms with Crippen LogP contribution >= 0.6 is 0 Å². The second-order valence-electron chi connectivity index (χ2n) is 5.16. The van der Waals surface area contributed by atoms with Gasteiger partial charge in [0.2, 0.25) is 0 Å². The third kappa shape index (κ3) is 2.95. The first-order valence-electron chi connectivity index (χ1n) is 6.75. The van der Waals surface area contributed by atoms with Gasteiger partial charge in [-0.2, -0.15) is 5.26 Å². The molecular formula is C15H21N3O. The van der Waals surface area contributed by atoms with Gasteiger partial charge in [-0.15, -0.1) is 0 Å². The molecule has 1 fully saturated rings. The molecule has 4 nitrogen and oxygen atoms in total. The number of nitrogens with zero attached hydrogens (tertiary/aromatic N) is 2. The van der Waals surface area contributed by atoms with E-state index in [0.29, 0.717) is 24.8 Å². The summed E-state index contributed by atoms with van der Waals surface area (Å²) in [6.45, 7) is 6.47. The Balaban J connectivity index is 2.37. The standard InChI is InChI=1S/C15H21N3O/c1-11(2)18-6-7-19-14(10-17)15(18)13-5-3-4-12(8-13)9-16/h3-5,8,11,14-15H,6-7,10,17H2,1-2H3. The fourth-order valence-electron chi connectivity index (χ4n) is 2.73. The van der Waals surface area contributed by atoms with E-state index >= 15 is 0 Å². The second kappa shape index (κ2) is 6.16. The monoisotopic (exact) mass is 259 g/mol. The molecule has 2 unspecified atom stereocenters. The van der Waals surface area contributed by atoms with Gasteiger partial charge in [0, 0.05) is 19.1 Å². The van der Waals surface area contributed by atoms with Gasteiger partial charge in [-0.25, -0.2) is 0 Å². The SMILES string of the molecule is CC(C)N1CCOC(CN)C1c1cccc(C#N)c1. The topological polar surface area (TPSA) is 62.3 Å². The fourth-order valence-corrected chi connectivity index (χ4v) is 2.73. The van der Waals surface area contributed by atoms with Crippen LogP contribution in [0.3, 0.4) is 0 Å². The fraction of sp³-hybridized carbons (Fsp3) is 0.533. The number of ether oxygens (including phenoxy) is 1. The Kier molecular flexibility index (Phi) is 4.54. The van der Waals surface area contributed by atoms with Crippen molar-refractivity contribution >= 4 is 0 Å². The van der Waals surface area contributed by atoms with Crippen LogP contribution in [0.25, 0.3) is 0 Å². The number of nitriles is 1. The van der Waals surface area contributed by atoms with Gasteiger partial charge in [-0.1, -0.05) is 12.1 Å². The average molecular weight is 259 g/mol. The van der Waals surface area contributed by atoms with Gasteiger partial charge in [0.1, 0.15) is 0 Å². The van der Waals surface area contributed by atoms with E-state index in [-0.39, 0.29) is 12.1 Å². The van der Waals surface area contributed by atoms with E-state index in [2.05, 4.69) is 30.9 Å². The maximum absolute atomic E-state index is 9.04. The molecule has 1 saturated heterocycles. The van der Waals surface area contributed by atoms with E-state index in [0.717, 1.165) is 12.1 Å². The quantitative estimate of drug-likeness (QED) is 0.897. The molecule has 4 heteroatoms. The molecule has 2 rings (SSSR count). The van der Waals surface area contributed by atoms with Gasteiger partial charge >= 0.3 is 0 Å². The van der Waals surface area contributed by atoms with Crippen LogP contribution in [0.1, 0.15) is 31.0 Å². The van der Waals surface area contributed by atoms with E-state index in [9.17, 15) is 0 Å². The molecule has 2 atom stereocenters. The molecule has 0 radical (unpaired) electrons. The minimum Gasteiger partial charge on any atom is -0.374 e. The molecule has 1 aromatic carbocycles. The highest BCUT2D eigenvalue weighted by molar-refractivity contribution is 5.35. The van der Waals surface area contributed by atoms with Crippen molar-refractivity contribution in [1.29, 1.82) is 5.26 Å². The maximum atomic E-state index is 9.04. The molecule has 0 saturated carbocycles. The van der Waals surface area contributed by atoms with Gasteiger partial charge in [0.25, 0.3) is 0 Å². The maximum Gasteiger partial charge on any atom is 0.0991 e. The highest BCUT2D eigenvalue weighted by atomic mass is 16.5. The Labute approximate surface area is 114 Å². The predicted molar refractivity (Wildman–Crippen MR) is 74.5 cm³/mol. The zero-order chi connectivity index (χ0) is 13.8. The summed E-state index contributed by atoms with van der Waals surface area (Å²) in [6, 6.07) is 10.5. The summed E-state index contributed by atoms with van der Waals surface area (Å²) in [6.07, 6.45) is -0.00917. The first kappa shape index (κ1) is 14.0. The number of hydrogen-bond acceptors (Lipinski definition) is 4. The molecule has 19 heavy (non-hydrogen) atoms. The average Bonchev–Trinajstić information content (AvgIpc) is 2.46. The van der Waals surface area contributed by atoms with Crippen LogP contribution < -0.4 is 5.73 Å². The van der Waals surface area contributed by atoms with Crippen molar-refractivity contribution in [2.24, 2.45) is 5.73 Å². The van der Waals surface area contributed by atoms with Crippen LogP contribution in [0.15, 0.2) is 24.3 Å². The molecule has 0 aliphatic carbocycles. The van der Waals surface area contributed by atoms with E-state index in [1.807, 2.05) is 18.2 Å². The number of nitrogens with two attached hydrogens (primary N) is 1. The van der Waals surface area contributed by atoms with E-state index in [4.69, 9.17) is 15.7 Å². The number of rotatable bonds is 3. The lowest BCUT2D eigenvalue weighted by Crippen LogP contribution is -2.50. The number of morpholine rings is 1. The van der Waals surface area contributed by atoms with Crippen molar-refractivity contribution in [3.8, 4) is 6.07 Å². The van der Waals surface area contributed by atoms with Crippen molar-refractivity contribution in [2.75, 3.05) is 19.7 Å². The highest BCUT2D eigenvalue weighted by Gasteiger charge is 2.34. The lowest BCUT2D eigenvalue weighted by molar-refractivity contribution is -0.0789. The second-order valence-corrected chi connectivity index (χ2v) is 5.16. The van der Waals surface area contributed by atoms with Gasteiger partial charge in [-0.05, 0) is 31.5 Å². The van der Waals surface area contributed by atoms with Gasteiger partial charge < -0.3 is 10.5 Å². The van der Waals surface area contributed by atoms with Crippen LogP contribution in [0.5, 0.6) is 0 Å². The third-order valence-corrected chi connectivity index (χ3v) is 3.64. The lowest BCUT2D eigenvalue weighted by atomic mass is 9.95. The van der Waals surface area contributed by atoms with Gasteiger partial charge in [-0.3, -0.25) is 4.90 Å². The molecule has 2 N–H and O–H groups in total. The molecular weight excluding hydrogens is 238 g/mol. The van der Waals surface area contributed by atoms with Crippen molar-refractivity contribution in [3.05, 3.63) is 35.4 Å². The molecule has 1 aromatic rings. The summed E-state index contributed by atoms with van der Waals surface area (Å²) >= 11 is 0. The van der Waals surface area contributed by atoms with Crippen LogP contribution in [0.2, 0.25) is 0 Å². The zero-order valence-corrected chi connectivity index (χ0v) is 11.5. The number of benzene rings is 1. The van der Waals surface area contributed by atoms with Crippen molar-refractivity contribution < 1.29 is 4.74 Å². The lowest BCUT2D eigenvalue weighted by Gasteiger charge is -2.43. The molecule has 1 aliphatic heterocycles. The van der Waals surface area contributed by atoms with Crippen LogP contribution in [0.4, 0.5) is 0 Å². The minimum atomic E-state index is -0.00917. The molecule has 1 heterocycles.